The summed E-state index contributed by atoms with van der Waals surface area (Å²) < 4.78 is 32.9. The summed E-state index contributed by atoms with van der Waals surface area (Å²) in [6.07, 6.45) is 59.6. The van der Waals surface area contributed by atoms with Crippen LogP contribution in [-0.4, -0.2) is 42.8 Å². The molecule has 0 heterocycles. The number of esters is 2. The summed E-state index contributed by atoms with van der Waals surface area (Å²) >= 11 is 0. The van der Waals surface area contributed by atoms with Gasteiger partial charge in [-0.3, -0.25) is 18.6 Å². The Morgan fingerprint density at radius 1 is 0.422 bits per heavy atom. The van der Waals surface area contributed by atoms with Crippen LogP contribution >= 0.6 is 7.82 Å². The molecule has 0 aromatic carbocycles. The molecule has 9 heteroatoms. The van der Waals surface area contributed by atoms with Crippen molar-refractivity contribution in [3.05, 3.63) is 24.3 Å². The van der Waals surface area contributed by atoms with Crippen molar-refractivity contribution in [2.45, 2.75) is 297 Å². The van der Waals surface area contributed by atoms with E-state index in [2.05, 4.69) is 38.2 Å². The minimum Gasteiger partial charge on any atom is -0.462 e. The normalized spacial score (nSPS) is 13.2. The average Bonchev–Trinajstić information content (AvgIpc) is 3.28. The molecule has 0 rings (SSSR count). The number of carbonyl (C=O) groups is 2. The van der Waals surface area contributed by atoms with Gasteiger partial charge < -0.3 is 14.4 Å². The standard InChI is InChI=1S/C55H105O8P/c1-4-7-9-11-13-15-17-19-21-23-25-27-28-30-32-34-36-38-40-42-44-46-48-50-55(57)63-53(52-62-64(58,59)61-6-3)51-60-54(56)49-47-45-43-41-39-37-35-33-31-29-26-24-22-20-18-16-14-12-10-8-5-2/h17,19,23,25,53H,4-16,18,20-22,24,26-52H2,1-3H3,(H,58,59)/b19-17-,25-23-. The second-order valence-electron chi connectivity index (χ2n) is 18.6. The molecule has 64 heavy (non-hydrogen) atoms. The minimum atomic E-state index is -4.29. The van der Waals surface area contributed by atoms with E-state index in [0.717, 1.165) is 38.5 Å². The van der Waals surface area contributed by atoms with Crippen LogP contribution in [0.15, 0.2) is 24.3 Å². The highest BCUT2D eigenvalue weighted by atomic mass is 31.2. The van der Waals surface area contributed by atoms with E-state index in [1.54, 1.807) is 6.92 Å². The van der Waals surface area contributed by atoms with E-state index >= 15 is 0 Å². The molecule has 1 N–H and O–H groups in total. The van der Waals surface area contributed by atoms with Gasteiger partial charge in [-0.05, 0) is 51.9 Å². The fourth-order valence-electron chi connectivity index (χ4n) is 8.19. The molecule has 0 aliphatic carbocycles. The molecule has 0 fully saturated rings. The molecule has 2 atom stereocenters. The number of hydrogen-bond donors (Lipinski definition) is 1. The van der Waals surface area contributed by atoms with Gasteiger partial charge in [0.15, 0.2) is 6.10 Å². The summed E-state index contributed by atoms with van der Waals surface area (Å²) in [4.78, 5) is 35.0. The Bertz CT molecular complexity index is 1090. The molecule has 0 spiro atoms. The van der Waals surface area contributed by atoms with Gasteiger partial charge in [-0.15, -0.1) is 0 Å². The molecule has 0 aliphatic rings. The maximum Gasteiger partial charge on any atom is 0.472 e. The van der Waals surface area contributed by atoms with Crippen molar-refractivity contribution in [2.24, 2.45) is 0 Å². The lowest BCUT2D eigenvalue weighted by molar-refractivity contribution is -0.161. The first kappa shape index (κ1) is 62.5. The molecular formula is C55H105O8P. The van der Waals surface area contributed by atoms with Crippen molar-refractivity contribution in [1.82, 2.24) is 0 Å². The lowest BCUT2D eigenvalue weighted by atomic mass is 10.0. The summed E-state index contributed by atoms with van der Waals surface area (Å²) in [5, 5.41) is 0. The fourth-order valence-corrected chi connectivity index (χ4v) is 8.95. The first-order valence-electron chi connectivity index (χ1n) is 27.6. The quantitative estimate of drug-likeness (QED) is 0.0278. The second-order valence-corrected chi connectivity index (χ2v) is 20.1. The topological polar surface area (TPSA) is 108 Å². The number of phosphoric ester groups is 1. The van der Waals surface area contributed by atoms with Gasteiger partial charge in [0.1, 0.15) is 6.61 Å². The summed E-state index contributed by atoms with van der Waals surface area (Å²) in [5.74, 6) is -0.782. The summed E-state index contributed by atoms with van der Waals surface area (Å²) in [6, 6.07) is 0. The number of ether oxygens (including phenoxy) is 2. The number of carbonyl (C=O) groups excluding carboxylic acids is 2. The van der Waals surface area contributed by atoms with Crippen LogP contribution in [0.5, 0.6) is 0 Å². The van der Waals surface area contributed by atoms with E-state index in [-0.39, 0.29) is 32.2 Å². The Kier molecular flexibility index (Phi) is 49.8. The zero-order chi connectivity index (χ0) is 46.7. The van der Waals surface area contributed by atoms with E-state index in [4.69, 9.17) is 18.5 Å². The molecule has 0 aliphatic heterocycles. The highest BCUT2D eigenvalue weighted by Gasteiger charge is 2.25. The number of phosphoric acid groups is 1. The van der Waals surface area contributed by atoms with Crippen LogP contribution in [0, 0.1) is 0 Å². The van der Waals surface area contributed by atoms with Crippen LogP contribution in [0.1, 0.15) is 290 Å². The molecular weight excluding hydrogens is 820 g/mol. The predicted molar refractivity (Wildman–Crippen MR) is 272 cm³/mol. The minimum absolute atomic E-state index is 0.00270. The van der Waals surface area contributed by atoms with Crippen LogP contribution in [0.4, 0.5) is 0 Å². The Morgan fingerprint density at radius 3 is 1.11 bits per heavy atom. The number of rotatable bonds is 52. The van der Waals surface area contributed by atoms with Crippen LogP contribution in [0.2, 0.25) is 0 Å². The largest absolute Gasteiger partial charge is 0.472 e. The highest BCUT2D eigenvalue weighted by molar-refractivity contribution is 7.47. The number of hydrogen-bond acceptors (Lipinski definition) is 7. The lowest BCUT2D eigenvalue weighted by Gasteiger charge is -2.19. The molecule has 2 unspecified atom stereocenters. The zero-order valence-corrected chi connectivity index (χ0v) is 43.4. The van der Waals surface area contributed by atoms with Crippen molar-refractivity contribution >= 4 is 19.8 Å². The van der Waals surface area contributed by atoms with Gasteiger partial charge in [0, 0.05) is 12.8 Å². The highest BCUT2D eigenvalue weighted by Crippen LogP contribution is 2.43. The molecule has 0 saturated heterocycles. The zero-order valence-electron chi connectivity index (χ0n) is 42.5. The third-order valence-corrected chi connectivity index (χ3v) is 13.3. The van der Waals surface area contributed by atoms with Gasteiger partial charge in [0.2, 0.25) is 0 Å². The van der Waals surface area contributed by atoms with Gasteiger partial charge in [-0.1, -0.05) is 250 Å². The van der Waals surface area contributed by atoms with Gasteiger partial charge in [0.25, 0.3) is 0 Å². The Balaban J connectivity index is 3.91. The van der Waals surface area contributed by atoms with Crippen molar-refractivity contribution in [1.29, 1.82) is 0 Å². The van der Waals surface area contributed by atoms with Gasteiger partial charge in [-0.2, -0.15) is 0 Å². The summed E-state index contributed by atoms with van der Waals surface area (Å²) in [5.41, 5.74) is 0. The Hall–Kier alpha value is -1.47. The van der Waals surface area contributed by atoms with Crippen molar-refractivity contribution in [3.8, 4) is 0 Å². The molecule has 0 radical (unpaired) electrons. The first-order valence-corrected chi connectivity index (χ1v) is 29.1. The van der Waals surface area contributed by atoms with Gasteiger partial charge in [0.05, 0.1) is 13.2 Å². The van der Waals surface area contributed by atoms with Crippen LogP contribution in [-0.2, 0) is 32.7 Å². The third-order valence-electron chi connectivity index (χ3n) is 12.3. The maximum absolute atomic E-state index is 12.7. The van der Waals surface area contributed by atoms with Crippen molar-refractivity contribution in [3.63, 3.8) is 0 Å². The van der Waals surface area contributed by atoms with E-state index in [1.165, 1.54) is 212 Å². The Labute approximate surface area is 396 Å². The van der Waals surface area contributed by atoms with E-state index in [1.807, 2.05) is 0 Å². The average molecular weight is 925 g/mol. The predicted octanol–water partition coefficient (Wildman–Crippen LogP) is 18.1. The lowest BCUT2D eigenvalue weighted by Crippen LogP contribution is -2.29. The molecule has 8 nitrogen and oxygen atoms in total. The van der Waals surface area contributed by atoms with Crippen LogP contribution in [0.3, 0.4) is 0 Å². The Morgan fingerprint density at radius 2 is 0.750 bits per heavy atom. The monoisotopic (exact) mass is 925 g/mol. The third kappa shape index (κ3) is 50.0. The van der Waals surface area contributed by atoms with Crippen LogP contribution in [0.25, 0.3) is 0 Å². The van der Waals surface area contributed by atoms with E-state index < -0.39 is 19.9 Å². The van der Waals surface area contributed by atoms with E-state index in [9.17, 15) is 19.0 Å². The van der Waals surface area contributed by atoms with E-state index in [0.29, 0.717) is 12.8 Å². The van der Waals surface area contributed by atoms with Gasteiger partial charge in [-0.25, -0.2) is 4.57 Å². The maximum atomic E-state index is 12.7. The first-order chi connectivity index (χ1) is 31.3. The number of allylic oxidation sites excluding steroid dienone is 4. The van der Waals surface area contributed by atoms with Gasteiger partial charge >= 0.3 is 19.8 Å². The summed E-state index contributed by atoms with van der Waals surface area (Å²) in [7, 11) is -4.29. The fraction of sp³-hybridized carbons (Fsp3) is 0.891. The molecule has 0 bridgehead atoms. The molecule has 0 aromatic rings. The number of unbranched alkanes of at least 4 members (excludes halogenated alkanes) is 36. The summed E-state index contributed by atoms with van der Waals surface area (Å²) in [6.45, 7) is 5.53. The second kappa shape index (κ2) is 50.9. The van der Waals surface area contributed by atoms with Crippen molar-refractivity contribution in [2.75, 3.05) is 19.8 Å². The van der Waals surface area contributed by atoms with Crippen molar-refractivity contribution < 1.29 is 37.6 Å². The smallest absolute Gasteiger partial charge is 0.462 e. The molecule has 0 aromatic heterocycles. The molecule has 378 valence electrons. The molecule has 0 amide bonds. The molecule has 0 saturated carbocycles. The van der Waals surface area contributed by atoms with Crippen LogP contribution < -0.4 is 0 Å². The SMILES string of the molecule is CCCCCCC/C=C\C/C=C\CCCCCCCCCCCCCC(=O)OC(COC(=O)CCCCCCCCCCCCCCCCCCCCCCC)COP(=O)(O)OCC.